The molecule has 1 unspecified atom stereocenters. The molecule has 0 bridgehead atoms. The topological polar surface area (TPSA) is 38.2 Å². The predicted molar refractivity (Wildman–Crippen MR) is 80.6 cm³/mol. The quantitative estimate of drug-likeness (QED) is 0.796. The molecule has 106 valence electrons. The highest BCUT2D eigenvalue weighted by molar-refractivity contribution is 9.10. The summed E-state index contributed by atoms with van der Waals surface area (Å²) in [5, 5.41) is 0. The molecule has 19 heavy (non-hydrogen) atoms. The molecule has 1 aromatic rings. The molecule has 1 aliphatic rings. The molecular formula is C14H22BrN3O. The van der Waals surface area contributed by atoms with Gasteiger partial charge in [-0.05, 0) is 34.7 Å². The number of hydrogen-bond donors (Lipinski definition) is 0. The van der Waals surface area contributed by atoms with E-state index in [2.05, 4.69) is 39.7 Å². The highest BCUT2D eigenvalue weighted by Crippen LogP contribution is 2.25. The van der Waals surface area contributed by atoms with Crippen LogP contribution in [0.5, 0.6) is 0 Å². The largest absolute Gasteiger partial charge is 0.384 e. The van der Waals surface area contributed by atoms with E-state index in [9.17, 15) is 0 Å². The Labute approximate surface area is 123 Å². The first kappa shape index (κ1) is 14.7. The number of aromatic nitrogens is 2. The van der Waals surface area contributed by atoms with Gasteiger partial charge in [0.2, 0.25) is 0 Å². The van der Waals surface area contributed by atoms with Gasteiger partial charge in [-0.2, -0.15) is 0 Å². The average Bonchev–Trinajstić information content (AvgIpc) is 2.38. The summed E-state index contributed by atoms with van der Waals surface area (Å²) in [5.74, 6) is 2.88. The van der Waals surface area contributed by atoms with Crippen molar-refractivity contribution in [2.24, 2.45) is 5.92 Å². The van der Waals surface area contributed by atoms with Crippen molar-refractivity contribution in [1.82, 2.24) is 9.97 Å². The van der Waals surface area contributed by atoms with Crippen molar-refractivity contribution in [3.8, 4) is 0 Å². The van der Waals surface area contributed by atoms with Gasteiger partial charge >= 0.3 is 0 Å². The predicted octanol–water partition coefficient (Wildman–Crippen LogP) is 3.23. The van der Waals surface area contributed by atoms with E-state index >= 15 is 0 Å². The van der Waals surface area contributed by atoms with Crippen LogP contribution in [0, 0.1) is 5.92 Å². The summed E-state index contributed by atoms with van der Waals surface area (Å²) >= 11 is 3.49. The van der Waals surface area contributed by atoms with Gasteiger partial charge < -0.3 is 9.64 Å². The lowest BCUT2D eigenvalue weighted by Gasteiger charge is -2.33. The summed E-state index contributed by atoms with van der Waals surface area (Å²) in [6, 6.07) is 2.01. The molecule has 2 rings (SSSR count). The Balaban J connectivity index is 2.16. The number of piperidine rings is 1. The van der Waals surface area contributed by atoms with E-state index in [1.165, 1.54) is 12.8 Å². The van der Waals surface area contributed by atoms with Gasteiger partial charge in [-0.3, -0.25) is 0 Å². The number of rotatable bonds is 4. The van der Waals surface area contributed by atoms with E-state index < -0.39 is 0 Å². The van der Waals surface area contributed by atoms with Gasteiger partial charge in [-0.25, -0.2) is 9.97 Å². The van der Waals surface area contributed by atoms with Gasteiger partial charge in [0.25, 0.3) is 0 Å². The van der Waals surface area contributed by atoms with E-state index in [-0.39, 0.29) is 0 Å². The molecule has 1 aliphatic heterocycles. The summed E-state index contributed by atoms with van der Waals surface area (Å²) in [6.45, 7) is 7.17. The van der Waals surface area contributed by atoms with Crippen LogP contribution in [0.3, 0.4) is 0 Å². The minimum absolute atomic E-state index is 0.343. The smallest absolute Gasteiger partial charge is 0.134 e. The van der Waals surface area contributed by atoms with Gasteiger partial charge in [0.05, 0.1) is 6.61 Å². The number of halogens is 1. The number of methoxy groups -OCH3 is 1. The van der Waals surface area contributed by atoms with Crippen molar-refractivity contribution in [2.75, 3.05) is 31.7 Å². The number of anilines is 1. The van der Waals surface area contributed by atoms with Crippen LogP contribution < -0.4 is 4.90 Å². The van der Waals surface area contributed by atoms with Crippen LogP contribution in [0.15, 0.2) is 10.7 Å². The molecule has 0 amide bonds. The molecule has 4 nitrogen and oxygen atoms in total. The average molecular weight is 328 g/mol. The molecule has 0 spiro atoms. The van der Waals surface area contributed by atoms with Crippen molar-refractivity contribution >= 4 is 21.7 Å². The fourth-order valence-corrected chi connectivity index (χ4v) is 2.87. The van der Waals surface area contributed by atoms with Crippen LogP contribution in [-0.2, 0) is 4.74 Å². The van der Waals surface area contributed by atoms with E-state index in [0.29, 0.717) is 11.8 Å². The van der Waals surface area contributed by atoms with Crippen molar-refractivity contribution in [2.45, 2.75) is 32.6 Å². The van der Waals surface area contributed by atoms with Crippen LogP contribution in [-0.4, -0.2) is 36.8 Å². The minimum Gasteiger partial charge on any atom is -0.384 e. The van der Waals surface area contributed by atoms with Crippen LogP contribution in [0.4, 0.5) is 5.82 Å². The Morgan fingerprint density at radius 2 is 2.26 bits per heavy atom. The molecule has 1 fully saturated rings. The van der Waals surface area contributed by atoms with Crippen LogP contribution in [0.1, 0.15) is 38.4 Å². The summed E-state index contributed by atoms with van der Waals surface area (Å²) in [7, 11) is 1.77. The van der Waals surface area contributed by atoms with Gasteiger partial charge in [0, 0.05) is 32.2 Å². The first-order valence-corrected chi connectivity index (χ1v) is 7.67. The van der Waals surface area contributed by atoms with Crippen molar-refractivity contribution in [3.05, 3.63) is 16.5 Å². The van der Waals surface area contributed by atoms with Crippen molar-refractivity contribution in [3.63, 3.8) is 0 Å². The van der Waals surface area contributed by atoms with E-state index in [0.717, 1.165) is 35.9 Å². The molecule has 0 aliphatic carbocycles. The summed E-state index contributed by atoms with van der Waals surface area (Å²) < 4.78 is 6.15. The zero-order valence-electron chi connectivity index (χ0n) is 11.9. The Kier molecular flexibility index (Phi) is 5.16. The second-order valence-corrected chi connectivity index (χ2v) is 6.28. The van der Waals surface area contributed by atoms with Gasteiger partial charge in [0.15, 0.2) is 0 Å². The fraction of sp³-hybridized carbons (Fsp3) is 0.714. The zero-order valence-corrected chi connectivity index (χ0v) is 13.5. The van der Waals surface area contributed by atoms with Gasteiger partial charge in [-0.1, -0.05) is 13.8 Å². The lowest BCUT2D eigenvalue weighted by atomic mass is 9.99. The molecule has 0 saturated carbocycles. The third-order valence-electron chi connectivity index (χ3n) is 3.46. The lowest BCUT2D eigenvalue weighted by molar-refractivity contribution is 0.143. The lowest BCUT2D eigenvalue weighted by Crippen LogP contribution is -2.37. The zero-order chi connectivity index (χ0) is 13.8. The first-order chi connectivity index (χ1) is 9.10. The summed E-state index contributed by atoms with van der Waals surface area (Å²) in [4.78, 5) is 11.5. The number of nitrogens with zero attached hydrogens (tertiary/aromatic N) is 3. The van der Waals surface area contributed by atoms with Gasteiger partial charge in [0.1, 0.15) is 16.2 Å². The molecule has 0 aromatic carbocycles. The molecule has 0 radical (unpaired) electrons. The SMILES string of the molecule is COCC1CCCN(c2cc(Br)nc(C(C)C)n2)C1. The van der Waals surface area contributed by atoms with E-state index in [1.807, 2.05) is 6.07 Å². The van der Waals surface area contributed by atoms with Crippen LogP contribution in [0.25, 0.3) is 0 Å². The first-order valence-electron chi connectivity index (χ1n) is 6.88. The Morgan fingerprint density at radius 3 is 2.95 bits per heavy atom. The molecule has 0 N–H and O–H groups in total. The van der Waals surface area contributed by atoms with Crippen molar-refractivity contribution in [1.29, 1.82) is 0 Å². The van der Waals surface area contributed by atoms with Gasteiger partial charge in [-0.15, -0.1) is 0 Å². The highest BCUT2D eigenvalue weighted by Gasteiger charge is 2.21. The number of ether oxygens (including phenoxy) is 1. The second-order valence-electron chi connectivity index (χ2n) is 5.47. The second kappa shape index (κ2) is 6.66. The highest BCUT2D eigenvalue weighted by atomic mass is 79.9. The summed E-state index contributed by atoms with van der Waals surface area (Å²) in [5.41, 5.74) is 0. The number of hydrogen-bond acceptors (Lipinski definition) is 4. The third kappa shape index (κ3) is 3.89. The van der Waals surface area contributed by atoms with E-state index in [4.69, 9.17) is 9.72 Å². The minimum atomic E-state index is 0.343. The van der Waals surface area contributed by atoms with E-state index in [1.54, 1.807) is 7.11 Å². The monoisotopic (exact) mass is 327 g/mol. The van der Waals surface area contributed by atoms with Crippen molar-refractivity contribution < 1.29 is 4.74 Å². The maximum atomic E-state index is 5.28. The Morgan fingerprint density at radius 1 is 1.47 bits per heavy atom. The van der Waals surface area contributed by atoms with Crippen LogP contribution in [0.2, 0.25) is 0 Å². The third-order valence-corrected chi connectivity index (χ3v) is 3.87. The Bertz CT molecular complexity index is 423. The molecular weight excluding hydrogens is 306 g/mol. The standard InChI is InChI=1S/C14H22BrN3O/c1-10(2)14-16-12(15)7-13(17-14)18-6-4-5-11(8-18)9-19-3/h7,10-11H,4-6,8-9H2,1-3H3. The Hall–Kier alpha value is -0.680. The maximum absolute atomic E-state index is 5.28. The normalized spacial score (nSPS) is 20.1. The molecule has 2 heterocycles. The molecule has 1 saturated heterocycles. The maximum Gasteiger partial charge on any atom is 0.134 e. The fourth-order valence-electron chi connectivity index (χ4n) is 2.49. The molecule has 1 atom stereocenters. The molecule has 5 heteroatoms. The van der Waals surface area contributed by atoms with Crippen LogP contribution >= 0.6 is 15.9 Å². The summed E-state index contributed by atoms with van der Waals surface area (Å²) in [6.07, 6.45) is 2.44. The molecule has 1 aromatic heterocycles.